The lowest BCUT2D eigenvalue weighted by Gasteiger charge is -2.12. The molecular formula is C9H8F2O3. The number of halogens is 2. The lowest BCUT2D eigenvalue weighted by atomic mass is 10.2. The van der Waals surface area contributed by atoms with Gasteiger partial charge in [-0.1, -0.05) is 0 Å². The summed E-state index contributed by atoms with van der Waals surface area (Å²) in [5.74, 6) is -1.18. The summed E-state index contributed by atoms with van der Waals surface area (Å²) in [6, 6.07) is 4.76. The molecule has 1 N–H and O–H groups in total. The van der Waals surface area contributed by atoms with E-state index in [0.29, 0.717) is 6.92 Å². The van der Waals surface area contributed by atoms with Crippen LogP contribution in [-0.2, 0) is 0 Å². The highest BCUT2D eigenvalue weighted by molar-refractivity contribution is 5.87. The second-order valence-corrected chi connectivity index (χ2v) is 2.74. The summed E-state index contributed by atoms with van der Waals surface area (Å²) in [5, 5.41) is 8.52. The molecule has 5 heteroatoms. The van der Waals surface area contributed by atoms with Gasteiger partial charge in [-0.15, -0.1) is 0 Å². The summed E-state index contributed by atoms with van der Waals surface area (Å²) < 4.78 is 28.9. The minimum atomic E-state index is -3.26. The molecule has 1 aromatic rings. The molecule has 0 bridgehead atoms. The molecule has 0 radical (unpaired) electrons. The molecule has 0 amide bonds. The monoisotopic (exact) mass is 202 g/mol. The largest absolute Gasteiger partial charge is 0.478 e. The molecule has 0 atom stereocenters. The summed E-state index contributed by atoms with van der Waals surface area (Å²) >= 11 is 0. The first-order chi connectivity index (χ1) is 6.38. The lowest BCUT2D eigenvalue weighted by molar-refractivity contribution is -0.158. The molecule has 76 valence electrons. The van der Waals surface area contributed by atoms with Crippen LogP contribution >= 0.6 is 0 Å². The summed E-state index contributed by atoms with van der Waals surface area (Å²) in [5.41, 5.74) is 0.0248. The van der Waals surface area contributed by atoms with Crippen molar-refractivity contribution in [3.63, 3.8) is 0 Å². The number of ether oxygens (including phenoxy) is 1. The van der Waals surface area contributed by atoms with Gasteiger partial charge in [0.05, 0.1) is 5.56 Å². The zero-order valence-electron chi connectivity index (χ0n) is 7.33. The van der Waals surface area contributed by atoms with E-state index in [-0.39, 0.29) is 11.3 Å². The minimum absolute atomic E-state index is 0.0248. The van der Waals surface area contributed by atoms with Gasteiger partial charge in [-0.05, 0) is 24.3 Å². The van der Waals surface area contributed by atoms with Crippen LogP contribution in [0.15, 0.2) is 24.3 Å². The van der Waals surface area contributed by atoms with Crippen molar-refractivity contribution in [1.29, 1.82) is 0 Å². The Bertz CT molecular complexity index is 327. The van der Waals surface area contributed by atoms with Crippen LogP contribution in [0, 0.1) is 0 Å². The van der Waals surface area contributed by atoms with Gasteiger partial charge in [0.1, 0.15) is 5.75 Å². The Kier molecular flexibility index (Phi) is 2.69. The number of carbonyl (C=O) groups is 1. The van der Waals surface area contributed by atoms with Crippen molar-refractivity contribution in [2.24, 2.45) is 0 Å². The van der Waals surface area contributed by atoms with E-state index < -0.39 is 12.1 Å². The average molecular weight is 202 g/mol. The van der Waals surface area contributed by atoms with Gasteiger partial charge >= 0.3 is 12.1 Å². The van der Waals surface area contributed by atoms with E-state index in [2.05, 4.69) is 4.74 Å². The van der Waals surface area contributed by atoms with Gasteiger partial charge in [0.15, 0.2) is 0 Å². The van der Waals surface area contributed by atoms with Gasteiger partial charge in [0.25, 0.3) is 0 Å². The molecule has 14 heavy (non-hydrogen) atoms. The molecular weight excluding hydrogens is 194 g/mol. The minimum Gasteiger partial charge on any atom is -0.478 e. The number of rotatable bonds is 3. The van der Waals surface area contributed by atoms with Crippen LogP contribution in [0.2, 0.25) is 0 Å². The second-order valence-electron chi connectivity index (χ2n) is 2.74. The van der Waals surface area contributed by atoms with E-state index in [1.807, 2.05) is 0 Å². The van der Waals surface area contributed by atoms with Crippen molar-refractivity contribution in [3.05, 3.63) is 29.8 Å². The highest BCUT2D eigenvalue weighted by Gasteiger charge is 2.22. The SMILES string of the molecule is CC(F)(F)Oc1ccc(C(=O)O)cc1. The second kappa shape index (κ2) is 3.61. The number of alkyl halides is 2. The molecule has 0 unspecified atom stereocenters. The summed E-state index contributed by atoms with van der Waals surface area (Å²) in [7, 11) is 0. The van der Waals surface area contributed by atoms with Gasteiger partial charge < -0.3 is 9.84 Å². The topological polar surface area (TPSA) is 46.5 Å². The summed E-state index contributed by atoms with van der Waals surface area (Å²) in [6.45, 7) is 0.609. The standard InChI is InChI=1S/C9H8F2O3/c1-9(10,11)14-7-4-2-6(3-5-7)8(12)13/h2-5H,1H3,(H,12,13). The fourth-order valence-electron chi connectivity index (χ4n) is 0.872. The highest BCUT2D eigenvalue weighted by Crippen LogP contribution is 2.20. The first kappa shape index (κ1) is 10.4. The maximum Gasteiger partial charge on any atom is 0.394 e. The van der Waals surface area contributed by atoms with Crippen molar-refractivity contribution in [2.75, 3.05) is 0 Å². The molecule has 1 rings (SSSR count). The van der Waals surface area contributed by atoms with Gasteiger partial charge in [0, 0.05) is 6.92 Å². The lowest BCUT2D eigenvalue weighted by Crippen LogP contribution is -2.19. The highest BCUT2D eigenvalue weighted by atomic mass is 19.3. The number of aromatic carboxylic acids is 1. The molecule has 0 fully saturated rings. The molecule has 0 aromatic heterocycles. The fraction of sp³-hybridized carbons (Fsp3) is 0.222. The first-order valence-electron chi connectivity index (χ1n) is 3.79. The number of carboxylic acids is 1. The Morgan fingerprint density at radius 1 is 1.36 bits per heavy atom. The van der Waals surface area contributed by atoms with Gasteiger partial charge in [-0.25, -0.2) is 4.79 Å². The molecule has 3 nitrogen and oxygen atoms in total. The zero-order valence-corrected chi connectivity index (χ0v) is 7.33. The van der Waals surface area contributed by atoms with Crippen LogP contribution < -0.4 is 4.74 Å². The molecule has 0 spiro atoms. The molecule has 0 aliphatic heterocycles. The van der Waals surface area contributed by atoms with Crippen LogP contribution in [0.25, 0.3) is 0 Å². The molecule has 1 aromatic carbocycles. The number of benzene rings is 1. The Morgan fingerprint density at radius 3 is 2.21 bits per heavy atom. The predicted octanol–water partition coefficient (Wildman–Crippen LogP) is 2.38. The van der Waals surface area contributed by atoms with Crippen LogP contribution in [0.3, 0.4) is 0 Å². The Balaban J connectivity index is 2.79. The first-order valence-corrected chi connectivity index (χ1v) is 3.79. The van der Waals surface area contributed by atoms with Crippen LogP contribution in [0.4, 0.5) is 8.78 Å². The van der Waals surface area contributed by atoms with E-state index >= 15 is 0 Å². The van der Waals surface area contributed by atoms with Crippen molar-refractivity contribution < 1.29 is 23.4 Å². The van der Waals surface area contributed by atoms with E-state index in [0.717, 1.165) is 0 Å². The quantitative estimate of drug-likeness (QED) is 0.818. The van der Waals surface area contributed by atoms with Gasteiger partial charge in [-0.3, -0.25) is 0 Å². The van der Waals surface area contributed by atoms with Crippen molar-refractivity contribution in [2.45, 2.75) is 13.0 Å². The Hall–Kier alpha value is -1.65. The number of carboxylic acid groups (broad SMARTS) is 1. The predicted molar refractivity (Wildman–Crippen MR) is 44.7 cm³/mol. The third-order valence-electron chi connectivity index (χ3n) is 1.40. The summed E-state index contributed by atoms with van der Waals surface area (Å²) in [4.78, 5) is 10.4. The maximum atomic E-state index is 12.3. The van der Waals surface area contributed by atoms with Crippen LogP contribution in [-0.4, -0.2) is 17.2 Å². The zero-order chi connectivity index (χ0) is 10.8. The molecule has 0 aliphatic carbocycles. The van der Waals surface area contributed by atoms with E-state index in [1.54, 1.807) is 0 Å². The number of hydrogen-bond donors (Lipinski definition) is 1. The van der Waals surface area contributed by atoms with Crippen molar-refractivity contribution >= 4 is 5.97 Å². The van der Waals surface area contributed by atoms with E-state index in [1.165, 1.54) is 24.3 Å². The molecule has 0 saturated heterocycles. The normalized spacial score (nSPS) is 11.1. The van der Waals surface area contributed by atoms with E-state index in [9.17, 15) is 13.6 Å². The third-order valence-corrected chi connectivity index (χ3v) is 1.40. The van der Waals surface area contributed by atoms with Crippen LogP contribution in [0.5, 0.6) is 5.75 Å². The van der Waals surface area contributed by atoms with Crippen molar-refractivity contribution in [3.8, 4) is 5.75 Å². The third kappa shape index (κ3) is 3.01. The maximum absolute atomic E-state index is 12.3. The van der Waals surface area contributed by atoms with Crippen LogP contribution in [0.1, 0.15) is 17.3 Å². The van der Waals surface area contributed by atoms with Gasteiger partial charge in [-0.2, -0.15) is 8.78 Å². The summed E-state index contributed by atoms with van der Waals surface area (Å²) in [6.07, 6.45) is -3.26. The van der Waals surface area contributed by atoms with Crippen molar-refractivity contribution in [1.82, 2.24) is 0 Å². The fourth-order valence-corrected chi connectivity index (χ4v) is 0.872. The molecule has 0 heterocycles. The Morgan fingerprint density at radius 2 is 1.86 bits per heavy atom. The number of hydrogen-bond acceptors (Lipinski definition) is 2. The molecule has 0 aliphatic rings. The Labute approximate surface area is 78.9 Å². The van der Waals surface area contributed by atoms with Gasteiger partial charge in [0.2, 0.25) is 0 Å². The average Bonchev–Trinajstić information content (AvgIpc) is 2.02. The van der Waals surface area contributed by atoms with E-state index in [4.69, 9.17) is 5.11 Å². The molecule has 0 saturated carbocycles. The smallest absolute Gasteiger partial charge is 0.394 e.